The van der Waals surface area contributed by atoms with Gasteiger partial charge in [0.2, 0.25) is 0 Å². The number of thioether (sulfide) groups is 1. The molecule has 0 aromatic heterocycles. The second-order valence-corrected chi connectivity index (χ2v) is 14.8. The van der Waals surface area contributed by atoms with E-state index in [4.69, 9.17) is 4.74 Å². The van der Waals surface area contributed by atoms with E-state index in [2.05, 4.69) is 35.1 Å². The Morgan fingerprint density at radius 3 is 2.41 bits per heavy atom. The molecule has 2 aromatic rings. The van der Waals surface area contributed by atoms with E-state index in [0.717, 1.165) is 35.6 Å². The lowest BCUT2D eigenvalue weighted by atomic mass is 10.1. The van der Waals surface area contributed by atoms with Gasteiger partial charge in [-0.05, 0) is 70.9 Å². The molecule has 0 radical (unpaired) electrons. The van der Waals surface area contributed by atoms with Gasteiger partial charge in [-0.1, -0.05) is 42.1 Å². The molecule has 11 heteroatoms. The van der Waals surface area contributed by atoms with Crippen molar-refractivity contribution in [2.45, 2.75) is 70.9 Å². The lowest BCUT2D eigenvalue weighted by molar-refractivity contribution is -0.119. The van der Waals surface area contributed by atoms with Crippen LogP contribution in [0.25, 0.3) is 0 Å². The molecule has 4 rings (SSSR count). The molecule has 2 heterocycles. The van der Waals surface area contributed by atoms with E-state index in [-0.39, 0.29) is 29.2 Å². The maximum absolute atomic E-state index is 13.7. The van der Waals surface area contributed by atoms with Crippen LogP contribution in [0.3, 0.4) is 0 Å². The Bertz CT molecular complexity index is 1400. The lowest BCUT2D eigenvalue weighted by Crippen LogP contribution is -2.45. The molecule has 41 heavy (non-hydrogen) atoms. The fourth-order valence-electron chi connectivity index (χ4n) is 5.21. The van der Waals surface area contributed by atoms with Gasteiger partial charge in [-0.25, -0.2) is 13.2 Å². The number of alkyl carbamates (subject to hydrolysis) is 1. The van der Waals surface area contributed by atoms with Gasteiger partial charge >= 0.3 is 6.09 Å². The number of hydrogen-bond acceptors (Lipinski definition) is 7. The average molecular weight is 601 g/mol. The van der Waals surface area contributed by atoms with Crippen molar-refractivity contribution in [2.24, 2.45) is 4.99 Å². The van der Waals surface area contributed by atoms with Crippen molar-refractivity contribution in [1.29, 1.82) is 0 Å². The SMILES string of the molecule is CCN(CC)c1ccc(N2C(=NC(=O)[C@@H](Cc3ccccc3)NC(=O)OC(C)(C)C)S[C@H]3CS(=O)(=O)C[C@@H]32)c(C)c1. The van der Waals surface area contributed by atoms with Crippen molar-refractivity contribution in [2.75, 3.05) is 34.4 Å². The third-order valence-electron chi connectivity index (χ3n) is 7.11. The van der Waals surface area contributed by atoms with E-state index in [1.54, 1.807) is 20.8 Å². The first-order chi connectivity index (χ1) is 19.3. The van der Waals surface area contributed by atoms with Gasteiger partial charge < -0.3 is 19.9 Å². The number of nitrogens with one attached hydrogen (secondary N) is 1. The van der Waals surface area contributed by atoms with Crippen molar-refractivity contribution in [3.05, 3.63) is 59.7 Å². The number of rotatable bonds is 8. The highest BCUT2D eigenvalue weighted by Crippen LogP contribution is 2.42. The topological polar surface area (TPSA) is 108 Å². The van der Waals surface area contributed by atoms with Crippen LogP contribution in [0.1, 0.15) is 45.7 Å². The molecule has 2 aliphatic rings. The Hall–Kier alpha value is -3.05. The third kappa shape index (κ3) is 7.62. The second-order valence-electron chi connectivity index (χ2n) is 11.4. The summed E-state index contributed by atoms with van der Waals surface area (Å²) in [7, 11) is -3.22. The highest BCUT2D eigenvalue weighted by Gasteiger charge is 2.50. The molecule has 1 N–H and O–H groups in total. The van der Waals surface area contributed by atoms with Crippen LogP contribution in [0.15, 0.2) is 53.5 Å². The van der Waals surface area contributed by atoms with Crippen LogP contribution < -0.4 is 15.1 Å². The van der Waals surface area contributed by atoms with Crippen molar-refractivity contribution in [3.8, 4) is 0 Å². The first-order valence-corrected chi connectivity index (χ1v) is 16.7. The molecule has 9 nitrogen and oxygen atoms in total. The maximum atomic E-state index is 13.7. The van der Waals surface area contributed by atoms with E-state index < -0.39 is 33.5 Å². The van der Waals surface area contributed by atoms with Gasteiger partial charge in [0.25, 0.3) is 5.91 Å². The zero-order chi connectivity index (χ0) is 29.9. The van der Waals surface area contributed by atoms with E-state index >= 15 is 0 Å². The minimum Gasteiger partial charge on any atom is -0.444 e. The summed E-state index contributed by atoms with van der Waals surface area (Å²) < 4.78 is 30.6. The average Bonchev–Trinajstić information content (AvgIpc) is 3.34. The maximum Gasteiger partial charge on any atom is 0.408 e. The molecule has 2 aliphatic heterocycles. The smallest absolute Gasteiger partial charge is 0.408 e. The highest BCUT2D eigenvalue weighted by molar-refractivity contribution is 8.16. The van der Waals surface area contributed by atoms with Crippen molar-refractivity contribution >= 4 is 50.1 Å². The van der Waals surface area contributed by atoms with Gasteiger partial charge in [0.1, 0.15) is 11.6 Å². The largest absolute Gasteiger partial charge is 0.444 e. The summed E-state index contributed by atoms with van der Waals surface area (Å²) in [5, 5.41) is 2.92. The van der Waals surface area contributed by atoms with Crippen LogP contribution in [0.5, 0.6) is 0 Å². The minimum absolute atomic E-state index is 0.00127. The Morgan fingerprint density at radius 2 is 1.80 bits per heavy atom. The molecular formula is C30H40N4O5S2. The summed E-state index contributed by atoms with van der Waals surface area (Å²) in [6.07, 6.45) is -0.465. The number of anilines is 2. The predicted molar refractivity (Wildman–Crippen MR) is 167 cm³/mol. The van der Waals surface area contributed by atoms with Gasteiger partial charge in [-0.15, -0.1) is 0 Å². The molecule has 2 fully saturated rings. The molecule has 0 saturated carbocycles. The summed E-state index contributed by atoms with van der Waals surface area (Å²) in [5.74, 6) is -0.488. The quantitative estimate of drug-likeness (QED) is 0.469. The number of amidine groups is 1. The number of nitrogens with zero attached hydrogens (tertiary/aromatic N) is 3. The number of carbonyl (C=O) groups excluding carboxylic acids is 2. The van der Waals surface area contributed by atoms with Crippen molar-refractivity contribution < 1.29 is 22.7 Å². The van der Waals surface area contributed by atoms with Gasteiger partial charge in [0.15, 0.2) is 15.0 Å². The number of benzene rings is 2. The van der Waals surface area contributed by atoms with Gasteiger partial charge in [0.05, 0.1) is 17.5 Å². The van der Waals surface area contributed by atoms with E-state index in [9.17, 15) is 18.0 Å². The number of sulfone groups is 1. The Balaban J connectivity index is 1.69. The summed E-state index contributed by atoms with van der Waals surface area (Å²) in [5.41, 5.74) is 3.00. The lowest BCUT2D eigenvalue weighted by Gasteiger charge is -2.28. The van der Waals surface area contributed by atoms with Gasteiger partial charge in [0, 0.05) is 36.1 Å². The van der Waals surface area contributed by atoms with Crippen molar-refractivity contribution in [1.82, 2.24) is 5.32 Å². The molecule has 2 aromatic carbocycles. The molecule has 2 amide bonds. The fraction of sp³-hybridized carbons (Fsp3) is 0.500. The summed E-state index contributed by atoms with van der Waals surface area (Å²) in [6, 6.07) is 14.2. The zero-order valence-corrected chi connectivity index (χ0v) is 26.2. The normalized spacial score (nSPS) is 21.4. The van der Waals surface area contributed by atoms with Gasteiger partial charge in [-0.2, -0.15) is 4.99 Å². The molecular weight excluding hydrogens is 560 g/mol. The molecule has 222 valence electrons. The summed E-state index contributed by atoms with van der Waals surface area (Å²) in [6.45, 7) is 13.2. The van der Waals surface area contributed by atoms with E-state index in [1.807, 2.05) is 54.3 Å². The standard InChI is InChI=1S/C30H40N4O5S2/c1-7-33(8-2)22-14-15-24(20(3)16-22)34-25-18-41(37,38)19-26(25)40-28(34)32-27(35)23(17-21-12-10-9-11-13-21)31-29(36)39-30(4,5)6/h9-16,23,25-26H,7-8,17-19H2,1-6H3,(H,31,36)/t23-,25+,26+/m1/s1. The van der Waals surface area contributed by atoms with Crippen molar-refractivity contribution in [3.63, 3.8) is 0 Å². The number of ether oxygens (including phenoxy) is 1. The van der Waals surface area contributed by atoms with Crippen LogP contribution >= 0.6 is 11.8 Å². The number of amides is 2. The van der Waals surface area contributed by atoms with Gasteiger partial charge in [-0.3, -0.25) is 4.79 Å². The number of aliphatic imine (C=N–C) groups is 1. The molecule has 2 saturated heterocycles. The molecule has 0 spiro atoms. The Kier molecular flexibility index (Phi) is 9.38. The van der Waals surface area contributed by atoms with E-state index in [1.165, 1.54) is 11.8 Å². The molecule has 0 bridgehead atoms. The van der Waals surface area contributed by atoms with Crippen LogP contribution in [0.4, 0.5) is 16.2 Å². The number of aryl methyl sites for hydroxylation is 1. The first-order valence-electron chi connectivity index (χ1n) is 14.0. The van der Waals surface area contributed by atoms with Crippen LogP contribution in [-0.4, -0.2) is 73.1 Å². The van der Waals surface area contributed by atoms with E-state index in [0.29, 0.717) is 5.17 Å². The number of fused-ring (bicyclic) bond motifs is 1. The Morgan fingerprint density at radius 1 is 1.12 bits per heavy atom. The monoisotopic (exact) mass is 600 g/mol. The molecule has 0 unspecified atom stereocenters. The highest BCUT2D eigenvalue weighted by atomic mass is 32.2. The predicted octanol–water partition coefficient (Wildman–Crippen LogP) is 4.58. The Labute approximate surface area is 247 Å². The summed E-state index contributed by atoms with van der Waals surface area (Å²) in [4.78, 5) is 35.1. The minimum atomic E-state index is -3.22. The summed E-state index contributed by atoms with van der Waals surface area (Å²) >= 11 is 1.32. The number of carbonyl (C=O) groups is 2. The number of hydrogen-bond donors (Lipinski definition) is 1. The van der Waals surface area contributed by atoms with Crippen LogP contribution in [-0.2, 0) is 25.8 Å². The molecule has 3 atom stereocenters. The molecule has 0 aliphatic carbocycles. The third-order valence-corrected chi connectivity index (χ3v) is 10.3. The second kappa shape index (κ2) is 12.4. The van der Waals surface area contributed by atoms with Crippen LogP contribution in [0.2, 0.25) is 0 Å². The fourth-order valence-corrected chi connectivity index (χ4v) is 9.13. The van der Waals surface area contributed by atoms with Crippen LogP contribution in [0, 0.1) is 6.92 Å². The first kappa shape index (κ1) is 30.9. The zero-order valence-electron chi connectivity index (χ0n) is 24.6.